The number of hydrogen-bond acceptors (Lipinski definition) is 3. The smallest absolute Gasteiger partial charge is 0.322 e. The molecule has 1 saturated heterocycles. The molecule has 0 N–H and O–H groups in total. The SMILES string of the molecule is C[Si]1(C)CO[Si](C)(C)O[Si](C)(C)O1. The molecule has 13 heavy (non-hydrogen) atoms. The van der Waals surface area contributed by atoms with E-state index in [2.05, 4.69) is 39.3 Å². The number of hydrogen-bond donors (Lipinski definition) is 0. The molecule has 1 aliphatic rings. The maximum absolute atomic E-state index is 6.09. The van der Waals surface area contributed by atoms with Crippen molar-refractivity contribution in [2.24, 2.45) is 0 Å². The summed E-state index contributed by atoms with van der Waals surface area (Å²) in [6, 6.07) is 0. The molecule has 0 bridgehead atoms. The lowest BCUT2D eigenvalue weighted by Gasteiger charge is -2.30. The molecule has 0 aromatic carbocycles. The summed E-state index contributed by atoms with van der Waals surface area (Å²) >= 11 is 0. The van der Waals surface area contributed by atoms with Gasteiger partial charge in [0.2, 0.25) is 0 Å². The van der Waals surface area contributed by atoms with Crippen LogP contribution in [-0.4, -0.2) is 31.7 Å². The summed E-state index contributed by atoms with van der Waals surface area (Å²) in [5.74, 6) is 0. The van der Waals surface area contributed by atoms with Gasteiger partial charge in [0.1, 0.15) is 0 Å². The van der Waals surface area contributed by atoms with Crippen LogP contribution in [0.1, 0.15) is 0 Å². The summed E-state index contributed by atoms with van der Waals surface area (Å²) in [7, 11) is -5.42. The average Bonchev–Trinajstić information content (AvgIpc) is 1.83. The largest absolute Gasteiger partial charge is 0.435 e. The van der Waals surface area contributed by atoms with Crippen LogP contribution in [0.15, 0.2) is 0 Å². The van der Waals surface area contributed by atoms with E-state index in [4.69, 9.17) is 12.7 Å². The molecule has 78 valence electrons. The molecule has 6 heteroatoms. The molecule has 1 rings (SSSR count). The Balaban J connectivity index is 2.82. The van der Waals surface area contributed by atoms with Gasteiger partial charge in [-0.3, -0.25) is 0 Å². The van der Waals surface area contributed by atoms with Crippen molar-refractivity contribution in [3.63, 3.8) is 0 Å². The zero-order valence-corrected chi connectivity index (χ0v) is 12.4. The van der Waals surface area contributed by atoms with Crippen molar-refractivity contribution in [2.45, 2.75) is 39.3 Å². The Morgan fingerprint density at radius 3 is 1.85 bits per heavy atom. The molecule has 0 spiro atoms. The first-order valence-electron chi connectivity index (χ1n) is 4.66. The van der Waals surface area contributed by atoms with Gasteiger partial charge >= 0.3 is 17.1 Å². The molecule has 0 aliphatic carbocycles. The van der Waals surface area contributed by atoms with Gasteiger partial charge in [0, 0.05) is 0 Å². The van der Waals surface area contributed by atoms with Crippen LogP contribution in [0.2, 0.25) is 39.3 Å². The Kier molecular flexibility index (Phi) is 2.93. The quantitative estimate of drug-likeness (QED) is 0.604. The molecular weight excluding hydrogens is 216 g/mol. The third kappa shape index (κ3) is 3.64. The molecular formula is C7H20O3Si3. The van der Waals surface area contributed by atoms with E-state index in [0.717, 1.165) is 6.23 Å². The second kappa shape index (κ2) is 3.28. The topological polar surface area (TPSA) is 27.7 Å². The Bertz CT molecular complexity index is 183. The molecule has 1 fully saturated rings. The van der Waals surface area contributed by atoms with E-state index in [-0.39, 0.29) is 0 Å². The van der Waals surface area contributed by atoms with Crippen LogP contribution in [0.5, 0.6) is 0 Å². The highest BCUT2D eigenvalue weighted by atomic mass is 28.5. The van der Waals surface area contributed by atoms with Crippen LogP contribution in [-0.2, 0) is 12.7 Å². The van der Waals surface area contributed by atoms with Gasteiger partial charge in [0.25, 0.3) is 0 Å². The molecule has 0 radical (unpaired) electrons. The first-order valence-corrected chi connectivity index (χ1v) is 13.4. The molecule has 0 saturated carbocycles. The van der Waals surface area contributed by atoms with Crippen LogP contribution < -0.4 is 0 Å². The van der Waals surface area contributed by atoms with E-state index in [1.165, 1.54) is 0 Å². The monoisotopic (exact) mass is 236 g/mol. The predicted molar refractivity (Wildman–Crippen MR) is 60.6 cm³/mol. The predicted octanol–water partition coefficient (Wildman–Crippen LogP) is 2.20. The van der Waals surface area contributed by atoms with Crippen LogP contribution in [0.4, 0.5) is 0 Å². The zero-order valence-electron chi connectivity index (χ0n) is 9.43. The van der Waals surface area contributed by atoms with Crippen LogP contribution in [0.3, 0.4) is 0 Å². The van der Waals surface area contributed by atoms with E-state index in [1.54, 1.807) is 0 Å². The molecule has 0 amide bonds. The van der Waals surface area contributed by atoms with Gasteiger partial charge in [0.15, 0.2) is 8.32 Å². The highest BCUT2D eigenvalue weighted by Crippen LogP contribution is 2.25. The highest BCUT2D eigenvalue weighted by Gasteiger charge is 2.45. The van der Waals surface area contributed by atoms with Gasteiger partial charge in [-0.25, -0.2) is 0 Å². The summed E-state index contributed by atoms with van der Waals surface area (Å²) < 4.78 is 17.9. The molecule has 0 aromatic heterocycles. The lowest BCUT2D eigenvalue weighted by molar-refractivity contribution is 0.292. The Hall–Kier alpha value is 0.531. The third-order valence-corrected chi connectivity index (χ3v) is 11.9. The Labute approximate surface area is 84.0 Å². The van der Waals surface area contributed by atoms with Crippen molar-refractivity contribution in [2.75, 3.05) is 6.23 Å². The summed E-state index contributed by atoms with van der Waals surface area (Å²) in [6.07, 6.45) is 0.780. The minimum absolute atomic E-state index is 0.780. The second-order valence-electron chi connectivity index (χ2n) is 5.05. The highest BCUT2D eigenvalue weighted by molar-refractivity contribution is 6.88. The molecule has 3 nitrogen and oxygen atoms in total. The van der Waals surface area contributed by atoms with Gasteiger partial charge in [-0.2, -0.15) is 0 Å². The Morgan fingerprint density at radius 1 is 0.769 bits per heavy atom. The molecule has 1 heterocycles. The van der Waals surface area contributed by atoms with Gasteiger partial charge in [0.05, 0.1) is 6.23 Å². The summed E-state index contributed by atoms with van der Waals surface area (Å²) in [4.78, 5) is 0. The normalized spacial score (nSPS) is 30.9. The molecule has 0 unspecified atom stereocenters. The third-order valence-electron chi connectivity index (χ3n) is 1.78. The first-order chi connectivity index (χ1) is 5.62. The van der Waals surface area contributed by atoms with Crippen LogP contribution in [0, 0.1) is 0 Å². The van der Waals surface area contributed by atoms with Crippen molar-refractivity contribution >= 4 is 25.4 Å². The summed E-state index contributed by atoms with van der Waals surface area (Å²) in [6.45, 7) is 12.8. The van der Waals surface area contributed by atoms with Crippen molar-refractivity contribution < 1.29 is 12.7 Å². The fourth-order valence-electron chi connectivity index (χ4n) is 1.68. The number of rotatable bonds is 0. The molecule has 0 atom stereocenters. The summed E-state index contributed by atoms with van der Waals surface area (Å²) in [5.41, 5.74) is 0. The van der Waals surface area contributed by atoms with E-state index in [0.29, 0.717) is 0 Å². The van der Waals surface area contributed by atoms with Crippen molar-refractivity contribution in [3.8, 4) is 0 Å². The fraction of sp³-hybridized carbons (Fsp3) is 1.00. The van der Waals surface area contributed by atoms with E-state index in [9.17, 15) is 0 Å². The minimum Gasteiger partial charge on any atom is -0.435 e. The zero-order chi connectivity index (χ0) is 10.3. The first kappa shape index (κ1) is 11.6. The van der Waals surface area contributed by atoms with Gasteiger partial charge in [-0.1, -0.05) is 0 Å². The van der Waals surface area contributed by atoms with Crippen LogP contribution in [0.25, 0.3) is 0 Å². The maximum atomic E-state index is 6.09. The lowest BCUT2D eigenvalue weighted by atomic mass is 11.7. The summed E-state index contributed by atoms with van der Waals surface area (Å²) in [5, 5.41) is 0. The standard InChI is InChI=1S/C7H20O3Si3/c1-11(2)7-8-12(3,4)10-13(5,6)9-11/h7H2,1-6H3. The minimum atomic E-state index is -1.91. The van der Waals surface area contributed by atoms with Gasteiger partial charge in [-0.05, 0) is 39.3 Å². The van der Waals surface area contributed by atoms with E-state index < -0.39 is 25.4 Å². The van der Waals surface area contributed by atoms with E-state index in [1.807, 2.05) is 0 Å². The van der Waals surface area contributed by atoms with Gasteiger partial charge < -0.3 is 12.7 Å². The molecule has 1 aliphatic heterocycles. The average molecular weight is 236 g/mol. The lowest BCUT2D eigenvalue weighted by Crippen LogP contribution is -2.48. The van der Waals surface area contributed by atoms with Crippen molar-refractivity contribution in [1.29, 1.82) is 0 Å². The van der Waals surface area contributed by atoms with Gasteiger partial charge in [-0.15, -0.1) is 0 Å². The molecule has 0 aromatic rings. The van der Waals surface area contributed by atoms with Crippen molar-refractivity contribution in [1.82, 2.24) is 0 Å². The second-order valence-corrected chi connectivity index (χ2v) is 16.4. The van der Waals surface area contributed by atoms with Crippen LogP contribution >= 0.6 is 0 Å². The van der Waals surface area contributed by atoms with E-state index >= 15 is 0 Å². The Morgan fingerprint density at radius 2 is 1.31 bits per heavy atom. The maximum Gasteiger partial charge on any atom is 0.322 e. The van der Waals surface area contributed by atoms with Crippen molar-refractivity contribution in [3.05, 3.63) is 0 Å². The fourth-order valence-corrected chi connectivity index (χ4v) is 15.5.